The SMILES string of the molecule is C=Cc1ccc2ccccc2c1CN(Cc1ccccc1)C(=O)O[Si](C(C)C)(C(C)C)C(C)C. The van der Waals surface area contributed by atoms with E-state index in [4.69, 9.17) is 4.43 Å². The molecule has 0 aliphatic rings. The maximum atomic E-state index is 13.9. The molecule has 0 N–H and O–H groups in total. The van der Waals surface area contributed by atoms with Gasteiger partial charge in [-0.2, -0.15) is 0 Å². The van der Waals surface area contributed by atoms with Crippen LogP contribution in [0.15, 0.2) is 73.3 Å². The van der Waals surface area contributed by atoms with Gasteiger partial charge in [0.2, 0.25) is 0 Å². The van der Waals surface area contributed by atoms with Gasteiger partial charge in [-0.3, -0.25) is 0 Å². The van der Waals surface area contributed by atoms with Gasteiger partial charge in [-0.1, -0.05) is 121 Å². The lowest BCUT2D eigenvalue weighted by molar-refractivity contribution is 0.139. The number of fused-ring (bicyclic) bond motifs is 1. The van der Waals surface area contributed by atoms with E-state index in [2.05, 4.69) is 84.5 Å². The molecule has 0 spiro atoms. The minimum atomic E-state index is -2.37. The second-order valence-electron chi connectivity index (χ2n) is 10.1. The largest absolute Gasteiger partial charge is 0.503 e. The Morgan fingerprint density at radius 3 is 2.03 bits per heavy atom. The summed E-state index contributed by atoms with van der Waals surface area (Å²) in [6.07, 6.45) is 1.66. The minimum Gasteiger partial charge on any atom is -0.503 e. The van der Waals surface area contributed by atoms with E-state index in [-0.39, 0.29) is 6.09 Å². The van der Waals surface area contributed by atoms with E-state index < -0.39 is 8.32 Å². The lowest BCUT2D eigenvalue weighted by atomic mass is 9.98. The fraction of sp³-hybridized carbons (Fsp3) is 0.367. The Morgan fingerprint density at radius 1 is 0.853 bits per heavy atom. The Morgan fingerprint density at radius 2 is 1.44 bits per heavy atom. The van der Waals surface area contributed by atoms with E-state index in [0.717, 1.165) is 27.5 Å². The van der Waals surface area contributed by atoms with Gasteiger partial charge in [0.25, 0.3) is 8.32 Å². The van der Waals surface area contributed by atoms with Gasteiger partial charge in [-0.05, 0) is 44.1 Å². The highest BCUT2D eigenvalue weighted by Crippen LogP contribution is 2.43. The summed E-state index contributed by atoms with van der Waals surface area (Å²) >= 11 is 0. The minimum absolute atomic E-state index is 0.213. The second kappa shape index (κ2) is 11.0. The molecule has 0 saturated heterocycles. The van der Waals surface area contributed by atoms with Crippen LogP contribution in [0.5, 0.6) is 0 Å². The summed E-state index contributed by atoms with van der Waals surface area (Å²) in [6, 6.07) is 22.7. The summed E-state index contributed by atoms with van der Waals surface area (Å²) in [7, 11) is -2.37. The highest BCUT2D eigenvalue weighted by molar-refractivity contribution is 6.78. The normalized spacial score (nSPS) is 11.9. The lowest BCUT2D eigenvalue weighted by Crippen LogP contribution is -2.51. The molecule has 1 amide bonds. The second-order valence-corrected chi connectivity index (χ2v) is 15.5. The molecule has 0 saturated carbocycles. The van der Waals surface area contributed by atoms with E-state index >= 15 is 0 Å². The van der Waals surface area contributed by atoms with Crippen LogP contribution in [-0.4, -0.2) is 19.3 Å². The summed E-state index contributed by atoms with van der Waals surface area (Å²) in [6.45, 7) is 18.3. The third-order valence-electron chi connectivity index (χ3n) is 7.09. The molecular formula is C30H39NO2Si. The Labute approximate surface area is 206 Å². The van der Waals surface area contributed by atoms with Crippen LogP contribution in [0.4, 0.5) is 4.79 Å². The zero-order chi connectivity index (χ0) is 24.9. The van der Waals surface area contributed by atoms with Crippen molar-refractivity contribution in [3.8, 4) is 0 Å². The molecule has 0 heterocycles. The third kappa shape index (κ3) is 5.28. The van der Waals surface area contributed by atoms with Crippen molar-refractivity contribution in [2.75, 3.05) is 0 Å². The van der Waals surface area contributed by atoms with E-state index in [9.17, 15) is 4.79 Å². The number of hydrogen-bond acceptors (Lipinski definition) is 2. The number of amides is 1. The topological polar surface area (TPSA) is 29.5 Å². The first-order valence-electron chi connectivity index (χ1n) is 12.4. The fourth-order valence-electron chi connectivity index (χ4n) is 5.47. The average Bonchev–Trinajstić information content (AvgIpc) is 2.82. The van der Waals surface area contributed by atoms with Crippen molar-refractivity contribution in [2.24, 2.45) is 0 Å². The number of hydrogen-bond donors (Lipinski definition) is 0. The standard InChI is InChI=1S/C30H39NO2Si/c1-8-26-18-19-27-16-12-13-17-28(27)29(26)21-31(20-25-14-10-9-11-15-25)30(32)33-34(22(2)3,23(4)5)24(6)7/h8-19,22-24H,1,20-21H2,2-7H3. The van der Waals surface area contributed by atoms with Crippen LogP contribution in [0.25, 0.3) is 16.8 Å². The molecular weight excluding hydrogens is 434 g/mol. The summed E-state index contributed by atoms with van der Waals surface area (Å²) in [5.74, 6) is 0. The van der Waals surface area contributed by atoms with Gasteiger partial charge >= 0.3 is 6.09 Å². The van der Waals surface area contributed by atoms with Crippen molar-refractivity contribution in [2.45, 2.75) is 71.3 Å². The number of carbonyl (C=O) groups is 1. The fourth-order valence-corrected chi connectivity index (χ4v) is 10.6. The molecule has 4 heteroatoms. The van der Waals surface area contributed by atoms with Gasteiger partial charge in [0.1, 0.15) is 0 Å². The summed E-state index contributed by atoms with van der Waals surface area (Å²) < 4.78 is 6.61. The van der Waals surface area contributed by atoms with Gasteiger partial charge in [-0.25, -0.2) is 4.79 Å². The van der Waals surface area contributed by atoms with Crippen molar-refractivity contribution in [3.05, 3.63) is 90.0 Å². The van der Waals surface area contributed by atoms with Gasteiger partial charge in [-0.15, -0.1) is 0 Å². The molecule has 0 fully saturated rings. The molecule has 0 atom stereocenters. The molecule has 34 heavy (non-hydrogen) atoms. The highest BCUT2D eigenvalue weighted by atomic mass is 28.4. The van der Waals surface area contributed by atoms with Gasteiger partial charge in [0.05, 0.1) is 6.54 Å². The molecule has 0 aliphatic heterocycles. The molecule has 0 unspecified atom stereocenters. The third-order valence-corrected chi connectivity index (χ3v) is 13.0. The van der Waals surface area contributed by atoms with Crippen molar-refractivity contribution in [1.29, 1.82) is 0 Å². The number of rotatable bonds is 9. The Hall–Kier alpha value is -2.85. The molecule has 0 aliphatic carbocycles. The molecule has 3 aromatic carbocycles. The van der Waals surface area contributed by atoms with Gasteiger partial charge < -0.3 is 9.33 Å². The van der Waals surface area contributed by atoms with Crippen LogP contribution in [0, 0.1) is 0 Å². The highest BCUT2D eigenvalue weighted by Gasteiger charge is 2.49. The zero-order valence-corrected chi connectivity index (χ0v) is 22.5. The van der Waals surface area contributed by atoms with Crippen LogP contribution in [0.3, 0.4) is 0 Å². The van der Waals surface area contributed by atoms with Gasteiger partial charge in [0, 0.05) is 6.54 Å². The quantitative estimate of drug-likeness (QED) is 0.291. The lowest BCUT2D eigenvalue weighted by Gasteiger charge is -2.42. The van der Waals surface area contributed by atoms with E-state index in [1.165, 1.54) is 0 Å². The van der Waals surface area contributed by atoms with Crippen molar-refractivity contribution in [1.82, 2.24) is 4.90 Å². The van der Waals surface area contributed by atoms with E-state index in [0.29, 0.717) is 29.7 Å². The van der Waals surface area contributed by atoms with E-state index in [1.807, 2.05) is 41.3 Å². The predicted molar refractivity (Wildman–Crippen MR) is 147 cm³/mol. The summed E-state index contributed by atoms with van der Waals surface area (Å²) in [4.78, 5) is 15.8. The van der Waals surface area contributed by atoms with Crippen LogP contribution in [-0.2, 0) is 17.5 Å². The first kappa shape index (κ1) is 25.8. The maximum absolute atomic E-state index is 13.9. The number of carbonyl (C=O) groups excluding carboxylic acids is 1. The van der Waals surface area contributed by atoms with Crippen molar-refractivity contribution >= 4 is 31.3 Å². The Bertz CT molecular complexity index is 1100. The number of nitrogens with zero attached hydrogens (tertiary/aromatic N) is 1. The molecule has 3 nitrogen and oxygen atoms in total. The monoisotopic (exact) mass is 473 g/mol. The van der Waals surface area contributed by atoms with Crippen LogP contribution >= 0.6 is 0 Å². The maximum Gasteiger partial charge on any atom is 0.396 e. The zero-order valence-electron chi connectivity index (χ0n) is 21.5. The molecule has 180 valence electrons. The van der Waals surface area contributed by atoms with Crippen molar-refractivity contribution in [3.63, 3.8) is 0 Å². The molecule has 3 rings (SSSR count). The van der Waals surface area contributed by atoms with Crippen molar-refractivity contribution < 1.29 is 9.22 Å². The summed E-state index contributed by atoms with van der Waals surface area (Å²) in [5, 5.41) is 2.30. The first-order valence-corrected chi connectivity index (χ1v) is 14.5. The Kier molecular flexibility index (Phi) is 8.37. The van der Waals surface area contributed by atoms with Crippen LogP contribution < -0.4 is 0 Å². The molecule has 0 bridgehead atoms. The first-order chi connectivity index (χ1) is 16.2. The number of benzene rings is 3. The average molecular weight is 474 g/mol. The predicted octanol–water partition coefficient (Wildman–Crippen LogP) is 8.80. The molecule has 0 radical (unpaired) electrons. The summed E-state index contributed by atoms with van der Waals surface area (Å²) in [5.41, 5.74) is 4.23. The van der Waals surface area contributed by atoms with Crippen LogP contribution in [0.2, 0.25) is 16.6 Å². The van der Waals surface area contributed by atoms with Crippen LogP contribution in [0.1, 0.15) is 58.2 Å². The molecule has 0 aromatic heterocycles. The Balaban J connectivity index is 2.06. The van der Waals surface area contributed by atoms with E-state index in [1.54, 1.807) is 0 Å². The van der Waals surface area contributed by atoms with Gasteiger partial charge in [0.15, 0.2) is 0 Å². The smallest absolute Gasteiger partial charge is 0.396 e. The molecule has 3 aromatic rings.